The average molecular weight is 658 g/mol. The molecule has 6 aromatic carbocycles. The Morgan fingerprint density at radius 3 is 1.78 bits per heavy atom. The van der Waals surface area contributed by atoms with Gasteiger partial charge in [0, 0.05) is 48.3 Å². The fourth-order valence-electron chi connectivity index (χ4n) is 6.96. The van der Waals surface area contributed by atoms with E-state index in [2.05, 4.69) is 95.6 Å². The lowest BCUT2D eigenvalue weighted by atomic mass is 10.0. The highest BCUT2D eigenvalue weighted by Gasteiger charge is 2.20. The summed E-state index contributed by atoms with van der Waals surface area (Å²) >= 11 is 1.85. The molecule has 0 aliphatic rings. The SMILES string of the molecule is c1ccc(-c2nc(-c3ccccc3)nc(-c3cccnc3-n3c4ccccc4c4cc(-c5ccc6c(c5)sc5ccccc56)ccc43)n2)cc1. The maximum atomic E-state index is 5.05. The molecule has 0 fully saturated rings. The van der Waals surface area contributed by atoms with E-state index in [4.69, 9.17) is 19.9 Å². The van der Waals surface area contributed by atoms with Crippen molar-refractivity contribution in [2.75, 3.05) is 0 Å². The number of aromatic nitrogens is 5. The van der Waals surface area contributed by atoms with E-state index in [1.54, 1.807) is 0 Å². The molecule has 0 saturated heterocycles. The number of pyridine rings is 1. The summed E-state index contributed by atoms with van der Waals surface area (Å²) in [7, 11) is 0. The van der Waals surface area contributed by atoms with Gasteiger partial charge in [0.25, 0.3) is 0 Å². The molecule has 0 N–H and O–H groups in total. The summed E-state index contributed by atoms with van der Waals surface area (Å²) in [4.78, 5) is 20.0. The second-order valence-electron chi connectivity index (χ2n) is 12.3. The van der Waals surface area contributed by atoms with Crippen LogP contribution in [0.2, 0.25) is 0 Å². The first-order chi connectivity index (χ1) is 24.8. The quantitative estimate of drug-likeness (QED) is 0.185. The summed E-state index contributed by atoms with van der Waals surface area (Å²) < 4.78 is 4.85. The summed E-state index contributed by atoms with van der Waals surface area (Å²) in [5.41, 5.74) is 7.20. The molecule has 6 heteroatoms. The van der Waals surface area contributed by atoms with E-state index in [0.717, 1.165) is 44.3 Å². The van der Waals surface area contributed by atoms with Crippen LogP contribution in [0.1, 0.15) is 0 Å². The topological polar surface area (TPSA) is 56.5 Å². The Bertz CT molecular complexity index is 2820. The largest absolute Gasteiger partial charge is 0.293 e. The molecule has 4 heterocycles. The van der Waals surface area contributed by atoms with Gasteiger partial charge >= 0.3 is 0 Å². The van der Waals surface area contributed by atoms with Crippen molar-refractivity contribution >= 4 is 53.3 Å². The third-order valence-corrected chi connectivity index (χ3v) is 10.5. The standard InChI is InChI=1S/C44H27N5S/c1-3-12-28(13-4-1)41-46-42(29-14-5-2-6-15-29)48-43(47-41)35-18-11-25-45-44(35)49-37-19-9-7-16-32(37)36-26-30(22-24-38(36)49)31-21-23-34-33-17-8-10-20-39(33)50-40(34)27-31/h1-27H. The molecule has 0 aliphatic carbocycles. The van der Waals surface area contributed by atoms with Crippen LogP contribution >= 0.6 is 11.3 Å². The number of hydrogen-bond donors (Lipinski definition) is 0. The second kappa shape index (κ2) is 11.6. The van der Waals surface area contributed by atoms with Crippen LogP contribution in [0, 0.1) is 0 Å². The van der Waals surface area contributed by atoms with Crippen LogP contribution in [0.25, 0.3) is 93.1 Å². The molecule has 0 bridgehead atoms. The summed E-state index contributed by atoms with van der Waals surface area (Å²) in [5, 5.41) is 4.94. The van der Waals surface area contributed by atoms with E-state index in [1.807, 2.05) is 84.3 Å². The predicted octanol–water partition coefficient (Wildman–Crippen LogP) is 11.4. The minimum atomic E-state index is 0.569. The number of para-hydroxylation sites is 1. The van der Waals surface area contributed by atoms with E-state index in [9.17, 15) is 0 Å². The maximum Gasteiger partial charge on any atom is 0.167 e. The van der Waals surface area contributed by atoms with Crippen molar-refractivity contribution in [3.63, 3.8) is 0 Å². The van der Waals surface area contributed by atoms with Crippen molar-refractivity contribution in [1.29, 1.82) is 0 Å². The molecule has 10 rings (SSSR count). The first kappa shape index (κ1) is 28.5. The van der Waals surface area contributed by atoms with Crippen LogP contribution in [0.4, 0.5) is 0 Å². The molecular formula is C44H27N5S. The molecule has 50 heavy (non-hydrogen) atoms. The zero-order valence-corrected chi connectivity index (χ0v) is 27.5. The number of thiophene rings is 1. The van der Waals surface area contributed by atoms with Crippen LogP contribution in [-0.2, 0) is 0 Å². The molecule has 5 nitrogen and oxygen atoms in total. The molecule has 234 valence electrons. The number of rotatable bonds is 5. The number of nitrogens with zero attached hydrogens (tertiary/aromatic N) is 5. The molecule has 0 amide bonds. The summed E-state index contributed by atoms with van der Waals surface area (Å²) in [6.45, 7) is 0. The van der Waals surface area contributed by atoms with E-state index >= 15 is 0 Å². The molecule has 0 radical (unpaired) electrons. The van der Waals surface area contributed by atoms with Crippen molar-refractivity contribution in [3.8, 4) is 51.1 Å². The van der Waals surface area contributed by atoms with Crippen molar-refractivity contribution < 1.29 is 0 Å². The Hall–Kier alpha value is -6.50. The average Bonchev–Trinajstić information content (AvgIpc) is 3.73. The van der Waals surface area contributed by atoms with Gasteiger partial charge in [-0.25, -0.2) is 19.9 Å². The second-order valence-corrected chi connectivity index (χ2v) is 13.4. The first-order valence-corrected chi connectivity index (χ1v) is 17.4. The molecule has 0 aliphatic heterocycles. The highest BCUT2D eigenvalue weighted by molar-refractivity contribution is 7.25. The fourth-order valence-corrected chi connectivity index (χ4v) is 8.11. The Balaban J connectivity index is 1.16. The number of fused-ring (bicyclic) bond motifs is 6. The normalized spacial score (nSPS) is 11.6. The molecule has 10 aromatic rings. The predicted molar refractivity (Wildman–Crippen MR) is 207 cm³/mol. The van der Waals surface area contributed by atoms with Gasteiger partial charge in [0.15, 0.2) is 17.5 Å². The van der Waals surface area contributed by atoms with Crippen molar-refractivity contribution in [3.05, 3.63) is 164 Å². The van der Waals surface area contributed by atoms with Crippen molar-refractivity contribution in [2.24, 2.45) is 0 Å². The van der Waals surface area contributed by atoms with Crippen LogP contribution in [-0.4, -0.2) is 24.5 Å². The molecule has 4 aromatic heterocycles. The lowest BCUT2D eigenvalue weighted by Gasteiger charge is -2.13. The zero-order valence-electron chi connectivity index (χ0n) is 26.7. The molecule has 0 spiro atoms. The number of hydrogen-bond acceptors (Lipinski definition) is 5. The van der Waals surface area contributed by atoms with Gasteiger partial charge in [0.1, 0.15) is 5.82 Å². The summed E-state index contributed by atoms with van der Waals surface area (Å²) in [5.74, 6) is 2.57. The highest BCUT2D eigenvalue weighted by atomic mass is 32.1. The molecular weight excluding hydrogens is 631 g/mol. The van der Waals surface area contributed by atoms with E-state index in [0.29, 0.717) is 17.5 Å². The summed E-state index contributed by atoms with van der Waals surface area (Å²) in [6.07, 6.45) is 1.84. The minimum absolute atomic E-state index is 0.569. The van der Waals surface area contributed by atoms with Gasteiger partial charge in [-0.2, -0.15) is 0 Å². The van der Waals surface area contributed by atoms with Gasteiger partial charge < -0.3 is 0 Å². The van der Waals surface area contributed by atoms with Crippen LogP contribution in [0.5, 0.6) is 0 Å². The third kappa shape index (κ3) is 4.69. The fraction of sp³-hybridized carbons (Fsp3) is 0. The monoisotopic (exact) mass is 657 g/mol. The minimum Gasteiger partial charge on any atom is -0.293 e. The Labute approximate surface area is 291 Å². The summed E-state index contributed by atoms with van der Waals surface area (Å²) in [6, 6.07) is 54.9. The molecule has 0 saturated carbocycles. The van der Waals surface area contributed by atoms with Crippen LogP contribution in [0.3, 0.4) is 0 Å². The first-order valence-electron chi connectivity index (χ1n) is 16.6. The Morgan fingerprint density at radius 2 is 1.00 bits per heavy atom. The van der Waals surface area contributed by atoms with Crippen molar-refractivity contribution in [2.45, 2.75) is 0 Å². The Morgan fingerprint density at radius 1 is 0.400 bits per heavy atom. The van der Waals surface area contributed by atoms with E-state index in [1.165, 1.54) is 31.3 Å². The lowest BCUT2D eigenvalue weighted by Crippen LogP contribution is -2.05. The van der Waals surface area contributed by atoms with Crippen LogP contribution < -0.4 is 0 Å². The maximum absolute atomic E-state index is 5.05. The van der Waals surface area contributed by atoms with E-state index < -0.39 is 0 Å². The smallest absolute Gasteiger partial charge is 0.167 e. The van der Waals surface area contributed by atoms with Gasteiger partial charge in [-0.1, -0.05) is 115 Å². The van der Waals surface area contributed by atoms with Gasteiger partial charge in [-0.3, -0.25) is 4.57 Å². The van der Waals surface area contributed by atoms with Gasteiger partial charge in [0.2, 0.25) is 0 Å². The zero-order chi connectivity index (χ0) is 33.0. The van der Waals surface area contributed by atoms with Gasteiger partial charge in [0.05, 0.1) is 16.6 Å². The number of benzene rings is 6. The van der Waals surface area contributed by atoms with Crippen LogP contribution in [0.15, 0.2) is 164 Å². The lowest BCUT2D eigenvalue weighted by molar-refractivity contribution is 1.04. The van der Waals surface area contributed by atoms with Gasteiger partial charge in [-0.15, -0.1) is 11.3 Å². The highest BCUT2D eigenvalue weighted by Crippen LogP contribution is 2.39. The Kier molecular flexibility index (Phi) is 6.60. The third-order valence-electron chi connectivity index (χ3n) is 9.32. The van der Waals surface area contributed by atoms with E-state index in [-0.39, 0.29) is 0 Å². The molecule has 0 unspecified atom stereocenters. The molecule has 0 atom stereocenters. The van der Waals surface area contributed by atoms with Gasteiger partial charge in [-0.05, 0) is 53.6 Å². The van der Waals surface area contributed by atoms with Crippen molar-refractivity contribution in [1.82, 2.24) is 24.5 Å².